The highest BCUT2D eigenvalue weighted by atomic mass is 16.7. The zero-order valence-electron chi connectivity index (χ0n) is 9.10. The first-order valence-corrected chi connectivity index (χ1v) is 5.16. The van der Waals surface area contributed by atoms with Crippen LogP contribution >= 0.6 is 0 Å². The number of carbonyl (C=O) groups excluding carboxylic acids is 2. The highest BCUT2D eigenvalue weighted by Gasteiger charge is 2.35. The van der Waals surface area contributed by atoms with Gasteiger partial charge in [0.15, 0.2) is 5.66 Å². The van der Waals surface area contributed by atoms with Crippen LogP contribution in [0.1, 0.15) is 32.6 Å². The Bertz CT molecular complexity index is 367. The van der Waals surface area contributed by atoms with Crippen molar-refractivity contribution in [1.82, 2.24) is 5.06 Å². The monoisotopic (exact) mass is 223 g/mol. The van der Waals surface area contributed by atoms with E-state index in [2.05, 4.69) is 16.8 Å². The van der Waals surface area contributed by atoms with E-state index in [1.165, 1.54) is 0 Å². The first kappa shape index (κ1) is 10.8. The number of rotatable bonds is 5. The third kappa shape index (κ3) is 2.26. The molecule has 6 heteroatoms. The van der Waals surface area contributed by atoms with Gasteiger partial charge in [0, 0.05) is 25.7 Å². The van der Waals surface area contributed by atoms with Crippen LogP contribution in [0, 0.1) is 0 Å². The summed E-state index contributed by atoms with van der Waals surface area (Å²) in [6.45, 7) is 5.56. The lowest BCUT2D eigenvalue weighted by Crippen LogP contribution is -2.29. The van der Waals surface area contributed by atoms with Gasteiger partial charge in [-0.1, -0.05) is 6.58 Å². The molecule has 0 N–H and O–H groups in total. The minimum Gasteiger partial charge on any atom is -0.374 e. The minimum atomic E-state index is -0.314. The predicted molar refractivity (Wildman–Crippen MR) is 53.8 cm³/mol. The Morgan fingerprint density at radius 3 is 2.50 bits per heavy atom. The van der Waals surface area contributed by atoms with Gasteiger partial charge in [-0.2, -0.15) is 10.2 Å². The molecule has 16 heavy (non-hydrogen) atoms. The molecule has 0 atom stereocenters. The number of hydrogen-bond donors (Lipinski definition) is 0. The van der Waals surface area contributed by atoms with Gasteiger partial charge in [-0.25, -0.2) is 0 Å². The second-order valence-corrected chi connectivity index (χ2v) is 4.13. The standard InChI is InChI=1S/C10H13N3O3/c1-7(5-6-10(2)11-12-10)16-13-8(14)3-4-9(13)15/h1,3-6H2,2H3. The van der Waals surface area contributed by atoms with E-state index in [9.17, 15) is 9.59 Å². The van der Waals surface area contributed by atoms with E-state index in [0.29, 0.717) is 18.6 Å². The molecule has 6 nitrogen and oxygen atoms in total. The van der Waals surface area contributed by atoms with Gasteiger partial charge in [-0.3, -0.25) is 9.59 Å². The topological polar surface area (TPSA) is 71.3 Å². The molecule has 0 aliphatic carbocycles. The zero-order valence-corrected chi connectivity index (χ0v) is 9.10. The fourth-order valence-electron chi connectivity index (χ4n) is 1.39. The molecular formula is C10H13N3O3. The van der Waals surface area contributed by atoms with E-state index < -0.39 is 0 Å². The second kappa shape index (κ2) is 3.70. The Kier molecular flexibility index (Phi) is 2.49. The van der Waals surface area contributed by atoms with Crippen LogP contribution in [0.4, 0.5) is 0 Å². The van der Waals surface area contributed by atoms with Gasteiger partial charge in [-0.15, -0.1) is 5.06 Å². The molecule has 0 spiro atoms. The summed E-state index contributed by atoms with van der Waals surface area (Å²) in [5.74, 6) is -0.224. The summed E-state index contributed by atoms with van der Waals surface area (Å²) < 4.78 is 0. The fraction of sp³-hybridized carbons (Fsp3) is 0.600. The van der Waals surface area contributed by atoms with Gasteiger partial charge in [0.2, 0.25) is 0 Å². The van der Waals surface area contributed by atoms with Gasteiger partial charge < -0.3 is 4.84 Å². The molecule has 2 heterocycles. The summed E-state index contributed by atoms with van der Waals surface area (Å²) in [6.07, 6.45) is 1.64. The SMILES string of the molecule is C=C(CCC1(C)N=N1)ON1C(=O)CCC1=O. The van der Waals surface area contributed by atoms with Crippen LogP contribution in [0.3, 0.4) is 0 Å². The van der Waals surface area contributed by atoms with Crippen LogP contribution in [0.2, 0.25) is 0 Å². The minimum absolute atomic E-state index is 0.217. The number of carbonyl (C=O) groups is 2. The summed E-state index contributed by atoms with van der Waals surface area (Å²) >= 11 is 0. The molecule has 1 fully saturated rings. The molecule has 0 unspecified atom stereocenters. The molecule has 1 saturated heterocycles. The summed E-state index contributed by atoms with van der Waals surface area (Å²) in [5, 5.41) is 8.50. The van der Waals surface area contributed by atoms with Gasteiger partial charge in [0.05, 0.1) is 0 Å². The van der Waals surface area contributed by atoms with E-state index in [4.69, 9.17) is 4.84 Å². The largest absolute Gasteiger partial charge is 0.374 e. The molecule has 86 valence electrons. The van der Waals surface area contributed by atoms with Gasteiger partial charge >= 0.3 is 0 Å². The van der Waals surface area contributed by atoms with Crippen molar-refractivity contribution in [2.24, 2.45) is 10.2 Å². The molecule has 2 aliphatic rings. The molecule has 2 aliphatic heterocycles. The Hall–Kier alpha value is -1.72. The molecule has 0 radical (unpaired) electrons. The zero-order chi connectivity index (χ0) is 11.8. The third-order valence-electron chi connectivity index (χ3n) is 2.55. The normalized spacial score (nSPS) is 21.4. The predicted octanol–water partition coefficient (Wildman–Crippen LogP) is 1.54. The van der Waals surface area contributed by atoms with Crippen molar-refractivity contribution in [2.75, 3.05) is 0 Å². The summed E-state index contributed by atoms with van der Waals surface area (Å²) in [6, 6.07) is 0. The fourth-order valence-corrected chi connectivity index (χ4v) is 1.39. The molecule has 0 bridgehead atoms. The first-order chi connectivity index (χ1) is 7.50. The van der Waals surface area contributed by atoms with Gasteiger partial charge in [0.25, 0.3) is 11.8 Å². The van der Waals surface area contributed by atoms with Crippen LogP contribution in [0.5, 0.6) is 0 Å². The lowest BCUT2D eigenvalue weighted by Gasteiger charge is -2.16. The van der Waals surface area contributed by atoms with Crippen molar-refractivity contribution >= 4 is 11.8 Å². The van der Waals surface area contributed by atoms with Crippen LogP contribution < -0.4 is 0 Å². The van der Waals surface area contributed by atoms with Crippen molar-refractivity contribution in [3.8, 4) is 0 Å². The molecular weight excluding hydrogens is 210 g/mol. The van der Waals surface area contributed by atoms with E-state index in [0.717, 1.165) is 5.06 Å². The van der Waals surface area contributed by atoms with E-state index in [-0.39, 0.29) is 30.3 Å². The Balaban J connectivity index is 1.78. The molecule has 2 amide bonds. The van der Waals surface area contributed by atoms with Crippen molar-refractivity contribution in [2.45, 2.75) is 38.3 Å². The lowest BCUT2D eigenvalue weighted by atomic mass is 10.1. The smallest absolute Gasteiger partial charge is 0.263 e. The molecule has 0 aromatic heterocycles. The average molecular weight is 223 g/mol. The van der Waals surface area contributed by atoms with E-state index >= 15 is 0 Å². The van der Waals surface area contributed by atoms with Crippen LogP contribution in [-0.2, 0) is 14.4 Å². The number of allylic oxidation sites excluding steroid dienone is 1. The molecule has 0 aromatic rings. The quantitative estimate of drug-likeness (QED) is 0.524. The highest BCUT2D eigenvalue weighted by Crippen LogP contribution is 2.33. The number of hydrogen-bond acceptors (Lipinski definition) is 5. The lowest BCUT2D eigenvalue weighted by molar-refractivity contribution is -0.177. The number of imide groups is 1. The Labute approximate surface area is 92.9 Å². The first-order valence-electron chi connectivity index (χ1n) is 5.16. The summed E-state index contributed by atoms with van der Waals surface area (Å²) in [4.78, 5) is 27.6. The van der Waals surface area contributed by atoms with Crippen molar-refractivity contribution < 1.29 is 14.4 Å². The Morgan fingerprint density at radius 2 is 2.00 bits per heavy atom. The second-order valence-electron chi connectivity index (χ2n) is 4.13. The highest BCUT2D eigenvalue weighted by molar-refractivity contribution is 6.00. The van der Waals surface area contributed by atoms with E-state index in [1.54, 1.807) is 0 Å². The Morgan fingerprint density at radius 1 is 1.44 bits per heavy atom. The van der Waals surface area contributed by atoms with Crippen molar-refractivity contribution in [3.63, 3.8) is 0 Å². The maximum atomic E-state index is 11.2. The summed E-state index contributed by atoms with van der Waals surface area (Å²) in [7, 11) is 0. The molecule has 0 aromatic carbocycles. The van der Waals surface area contributed by atoms with E-state index in [1.807, 2.05) is 6.92 Å². The maximum absolute atomic E-state index is 11.2. The summed E-state index contributed by atoms with van der Waals surface area (Å²) in [5.41, 5.74) is -0.314. The van der Waals surface area contributed by atoms with Crippen LogP contribution in [0.25, 0.3) is 0 Å². The van der Waals surface area contributed by atoms with Crippen LogP contribution in [-0.4, -0.2) is 22.5 Å². The maximum Gasteiger partial charge on any atom is 0.263 e. The van der Waals surface area contributed by atoms with Gasteiger partial charge in [-0.05, 0) is 6.92 Å². The van der Waals surface area contributed by atoms with Crippen molar-refractivity contribution in [3.05, 3.63) is 12.3 Å². The average Bonchev–Trinajstić information content (AvgIpc) is 2.90. The van der Waals surface area contributed by atoms with Crippen LogP contribution in [0.15, 0.2) is 22.6 Å². The molecule has 0 saturated carbocycles. The van der Waals surface area contributed by atoms with Crippen molar-refractivity contribution in [1.29, 1.82) is 0 Å². The third-order valence-corrected chi connectivity index (χ3v) is 2.55. The number of amides is 2. The van der Waals surface area contributed by atoms with Gasteiger partial charge in [0.1, 0.15) is 5.76 Å². The number of hydroxylamine groups is 2. The molecule has 2 rings (SSSR count). The number of nitrogens with zero attached hydrogens (tertiary/aromatic N) is 3.